The van der Waals surface area contributed by atoms with Crippen LogP contribution in [0, 0.1) is 0 Å². The Balaban J connectivity index is 2.09. The number of aryl methyl sites for hydroxylation is 1. The van der Waals surface area contributed by atoms with E-state index in [1.165, 1.54) is 11.1 Å². The maximum Gasteiger partial charge on any atom is 0.124 e. The van der Waals surface area contributed by atoms with Crippen LogP contribution >= 0.6 is 0 Å². The minimum atomic E-state index is 0.0875. The van der Waals surface area contributed by atoms with E-state index in [9.17, 15) is 0 Å². The van der Waals surface area contributed by atoms with Gasteiger partial charge in [-0.15, -0.1) is 0 Å². The third kappa shape index (κ3) is 3.71. The molecule has 1 aromatic rings. The first-order valence-corrected chi connectivity index (χ1v) is 7.27. The summed E-state index contributed by atoms with van der Waals surface area (Å²) in [4.78, 5) is 0. The molecule has 3 heteroatoms. The second-order valence-corrected chi connectivity index (χ2v) is 5.16. The smallest absolute Gasteiger partial charge is 0.124 e. The van der Waals surface area contributed by atoms with Crippen LogP contribution in [0.25, 0.3) is 0 Å². The topological polar surface area (TPSA) is 30.5 Å². The van der Waals surface area contributed by atoms with Gasteiger partial charge in [-0.25, -0.2) is 0 Å². The summed E-state index contributed by atoms with van der Waals surface area (Å²) < 4.78 is 11.7. The molecule has 1 unspecified atom stereocenters. The average Bonchev–Trinajstić information content (AvgIpc) is 2.47. The third-order valence-corrected chi connectivity index (χ3v) is 3.82. The Morgan fingerprint density at radius 1 is 1.32 bits per heavy atom. The summed E-state index contributed by atoms with van der Waals surface area (Å²) >= 11 is 0. The van der Waals surface area contributed by atoms with Gasteiger partial charge in [0, 0.05) is 5.56 Å². The first-order chi connectivity index (χ1) is 9.24. The monoisotopic (exact) mass is 263 g/mol. The second-order valence-electron chi connectivity index (χ2n) is 5.16. The number of rotatable bonds is 5. The second kappa shape index (κ2) is 6.92. The molecule has 1 N–H and O–H groups in total. The van der Waals surface area contributed by atoms with Crippen LogP contribution < -0.4 is 10.1 Å². The van der Waals surface area contributed by atoms with Crippen molar-refractivity contribution in [2.75, 3.05) is 20.2 Å². The van der Waals surface area contributed by atoms with Crippen LogP contribution in [0.4, 0.5) is 0 Å². The van der Waals surface area contributed by atoms with Crippen molar-refractivity contribution in [2.24, 2.45) is 0 Å². The average molecular weight is 263 g/mol. The summed E-state index contributed by atoms with van der Waals surface area (Å²) in [7, 11) is 1.72. The molecule has 1 aliphatic heterocycles. The van der Waals surface area contributed by atoms with E-state index in [1.807, 2.05) is 0 Å². The van der Waals surface area contributed by atoms with Crippen LogP contribution in [0.2, 0.25) is 0 Å². The van der Waals surface area contributed by atoms with E-state index < -0.39 is 0 Å². The Hall–Kier alpha value is -1.06. The summed E-state index contributed by atoms with van der Waals surface area (Å²) in [6, 6.07) is 6.39. The Labute approximate surface area is 116 Å². The largest absolute Gasteiger partial charge is 0.496 e. The summed E-state index contributed by atoms with van der Waals surface area (Å²) in [6.07, 6.45) is 3.69. The van der Waals surface area contributed by atoms with Gasteiger partial charge in [0.25, 0.3) is 0 Å². The summed E-state index contributed by atoms with van der Waals surface area (Å²) in [5.74, 6) is 0.929. The standard InChI is InChI=1S/C16H25NO2/c1-4-13-5-6-16(18-3)15(11-13)12(2)19-14-7-9-17-10-8-14/h5-6,11-12,14,17H,4,7-10H2,1-3H3. The minimum Gasteiger partial charge on any atom is -0.496 e. The van der Waals surface area contributed by atoms with Gasteiger partial charge >= 0.3 is 0 Å². The van der Waals surface area contributed by atoms with Crippen LogP contribution in [0.1, 0.15) is 43.9 Å². The van der Waals surface area contributed by atoms with Gasteiger partial charge in [-0.1, -0.05) is 13.0 Å². The molecule has 3 nitrogen and oxygen atoms in total. The molecule has 1 atom stereocenters. The number of piperidine rings is 1. The highest BCUT2D eigenvalue weighted by Gasteiger charge is 2.19. The van der Waals surface area contributed by atoms with E-state index >= 15 is 0 Å². The number of hydrogen-bond acceptors (Lipinski definition) is 3. The van der Waals surface area contributed by atoms with Crippen LogP contribution in [-0.4, -0.2) is 26.3 Å². The maximum absolute atomic E-state index is 6.20. The van der Waals surface area contributed by atoms with Gasteiger partial charge in [0.15, 0.2) is 0 Å². The lowest BCUT2D eigenvalue weighted by Crippen LogP contribution is -2.33. The van der Waals surface area contributed by atoms with Crippen molar-refractivity contribution in [1.29, 1.82) is 0 Å². The van der Waals surface area contributed by atoms with Crippen molar-refractivity contribution in [3.8, 4) is 5.75 Å². The predicted octanol–water partition coefficient (Wildman–Crippen LogP) is 3.09. The van der Waals surface area contributed by atoms with Gasteiger partial charge in [0.05, 0.1) is 19.3 Å². The fourth-order valence-electron chi connectivity index (χ4n) is 2.61. The quantitative estimate of drug-likeness (QED) is 0.885. The van der Waals surface area contributed by atoms with Crippen LogP contribution in [-0.2, 0) is 11.2 Å². The molecule has 1 aliphatic rings. The highest BCUT2D eigenvalue weighted by Crippen LogP contribution is 2.30. The van der Waals surface area contributed by atoms with Crippen molar-refractivity contribution < 1.29 is 9.47 Å². The van der Waals surface area contributed by atoms with Gasteiger partial charge in [0.2, 0.25) is 0 Å². The molecule has 1 saturated heterocycles. The zero-order valence-corrected chi connectivity index (χ0v) is 12.2. The zero-order chi connectivity index (χ0) is 13.7. The zero-order valence-electron chi connectivity index (χ0n) is 12.2. The lowest BCUT2D eigenvalue weighted by atomic mass is 10.0. The molecular formula is C16H25NO2. The SMILES string of the molecule is CCc1ccc(OC)c(C(C)OC2CCNCC2)c1. The van der Waals surface area contributed by atoms with E-state index in [1.54, 1.807) is 7.11 Å². The maximum atomic E-state index is 6.20. The highest BCUT2D eigenvalue weighted by atomic mass is 16.5. The first kappa shape index (κ1) is 14.4. The Bertz CT molecular complexity index is 400. The number of nitrogens with one attached hydrogen (secondary N) is 1. The molecule has 1 heterocycles. The van der Waals surface area contributed by atoms with Crippen molar-refractivity contribution in [3.63, 3.8) is 0 Å². The van der Waals surface area contributed by atoms with Crippen LogP contribution in [0.15, 0.2) is 18.2 Å². The minimum absolute atomic E-state index is 0.0875. The molecule has 0 saturated carbocycles. The predicted molar refractivity (Wildman–Crippen MR) is 77.8 cm³/mol. The van der Waals surface area contributed by atoms with Crippen molar-refractivity contribution in [1.82, 2.24) is 5.32 Å². The molecule has 0 radical (unpaired) electrons. The van der Waals surface area contributed by atoms with E-state index in [2.05, 4.69) is 37.4 Å². The summed E-state index contributed by atoms with van der Waals surface area (Å²) in [5.41, 5.74) is 2.50. The molecule has 0 amide bonds. The number of methoxy groups -OCH3 is 1. The number of benzene rings is 1. The normalized spacial score (nSPS) is 18.3. The lowest BCUT2D eigenvalue weighted by molar-refractivity contribution is -0.0195. The van der Waals surface area contributed by atoms with Gasteiger partial charge < -0.3 is 14.8 Å². The summed E-state index contributed by atoms with van der Waals surface area (Å²) in [5, 5.41) is 3.36. The molecular weight excluding hydrogens is 238 g/mol. The number of hydrogen-bond donors (Lipinski definition) is 1. The molecule has 1 aromatic carbocycles. The molecule has 0 spiro atoms. The Kier molecular flexibility index (Phi) is 5.23. The highest BCUT2D eigenvalue weighted by molar-refractivity contribution is 5.38. The lowest BCUT2D eigenvalue weighted by Gasteiger charge is -2.27. The molecule has 0 aliphatic carbocycles. The molecule has 0 aromatic heterocycles. The number of ether oxygens (including phenoxy) is 2. The summed E-state index contributed by atoms with van der Waals surface area (Å²) in [6.45, 7) is 6.41. The molecule has 106 valence electrons. The molecule has 1 fully saturated rings. The first-order valence-electron chi connectivity index (χ1n) is 7.27. The van der Waals surface area contributed by atoms with Gasteiger partial charge in [-0.3, -0.25) is 0 Å². The van der Waals surface area contributed by atoms with Crippen LogP contribution in [0.5, 0.6) is 5.75 Å². The van der Waals surface area contributed by atoms with Crippen LogP contribution in [0.3, 0.4) is 0 Å². The fourth-order valence-corrected chi connectivity index (χ4v) is 2.61. The molecule has 2 rings (SSSR count). The fraction of sp³-hybridized carbons (Fsp3) is 0.625. The van der Waals surface area contributed by atoms with Gasteiger partial charge in [-0.05, 0) is 57.0 Å². The van der Waals surface area contributed by atoms with Crippen molar-refractivity contribution in [2.45, 2.75) is 45.3 Å². The third-order valence-electron chi connectivity index (χ3n) is 3.82. The van der Waals surface area contributed by atoms with Gasteiger partial charge in [0.1, 0.15) is 5.75 Å². The van der Waals surface area contributed by atoms with Gasteiger partial charge in [-0.2, -0.15) is 0 Å². The van der Waals surface area contributed by atoms with E-state index in [-0.39, 0.29) is 6.10 Å². The van der Waals surface area contributed by atoms with E-state index in [4.69, 9.17) is 9.47 Å². The van der Waals surface area contributed by atoms with Crippen molar-refractivity contribution >= 4 is 0 Å². The van der Waals surface area contributed by atoms with E-state index in [0.29, 0.717) is 6.10 Å². The molecule has 19 heavy (non-hydrogen) atoms. The van der Waals surface area contributed by atoms with E-state index in [0.717, 1.165) is 38.1 Å². The molecule has 0 bridgehead atoms. The van der Waals surface area contributed by atoms with Crippen molar-refractivity contribution in [3.05, 3.63) is 29.3 Å². The Morgan fingerprint density at radius 2 is 2.05 bits per heavy atom. The Morgan fingerprint density at radius 3 is 2.68 bits per heavy atom.